The van der Waals surface area contributed by atoms with Gasteiger partial charge < -0.3 is 9.88 Å². The minimum absolute atomic E-state index is 0.226. The summed E-state index contributed by atoms with van der Waals surface area (Å²) in [5, 5.41) is 5.62. The molecule has 0 spiro atoms. The lowest BCUT2D eigenvalue weighted by Gasteiger charge is -2.10. The Morgan fingerprint density at radius 1 is 1.04 bits per heavy atom. The van der Waals surface area contributed by atoms with Gasteiger partial charge in [0.15, 0.2) is 0 Å². The first kappa shape index (κ1) is 15.6. The number of urea groups is 1. The summed E-state index contributed by atoms with van der Waals surface area (Å²) in [7, 11) is 0. The lowest BCUT2D eigenvalue weighted by Crippen LogP contribution is -2.22. The van der Waals surface area contributed by atoms with E-state index in [2.05, 4.69) is 10.6 Å². The van der Waals surface area contributed by atoms with Crippen molar-refractivity contribution in [3.8, 4) is 5.69 Å². The van der Waals surface area contributed by atoms with Gasteiger partial charge in [-0.2, -0.15) is 0 Å². The fourth-order valence-electron chi connectivity index (χ4n) is 2.59. The number of hydrogen-bond donors (Lipinski definition) is 2. The molecule has 5 nitrogen and oxygen atoms in total. The summed E-state index contributed by atoms with van der Waals surface area (Å²) in [4.78, 5) is 22.8. The number of carbonyl (C=O) groups is 2. The van der Waals surface area contributed by atoms with Gasteiger partial charge in [0.25, 0.3) is 5.91 Å². The summed E-state index contributed by atoms with van der Waals surface area (Å²) in [6.07, 6.45) is 1.65. The highest BCUT2D eigenvalue weighted by Gasteiger charge is 2.23. The second-order valence-electron chi connectivity index (χ2n) is 5.23. The number of aryl methyl sites for hydroxylation is 1. The summed E-state index contributed by atoms with van der Waals surface area (Å²) < 4.78 is 2.00. The van der Waals surface area contributed by atoms with Crippen LogP contribution in [0.15, 0.2) is 30.0 Å². The van der Waals surface area contributed by atoms with Crippen molar-refractivity contribution < 1.29 is 9.59 Å². The monoisotopic (exact) mass is 349 g/mol. The van der Waals surface area contributed by atoms with Gasteiger partial charge in [0.2, 0.25) is 0 Å². The van der Waals surface area contributed by atoms with Gasteiger partial charge in [0.05, 0.1) is 10.0 Å². The predicted octanol–water partition coefficient (Wildman–Crippen LogP) is 3.58. The highest BCUT2D eigenvalue weighted by molar-refractivity contribution is 6.42. The molecule has 3 rings (SSSR count). The second kappa shape index (κ2) is 5.76. The van der Waals surface area contributed by atoms with Crippen molar-refractivity contribution in [2.45, 2.75) is 13.8 Å². The average Bonchev–Trinajstić information content (AvgIpc) is 2.93. The van der Waals surface area contributed by atoms with Crippen LogP contribution in [-0.2, 0) is 4.79 Å². The van der Waals surface area contributed by atoms with Gasteiger partial charge in [-0.3, -0.25) is 10.1 Å². The summed E-state index contributed by atoms with van der Waals surface area (Å²) in [6.45, 7) is 3.88. The van der Waals surface area contributed by atoms with E-state index in [1.165, 1.54) is 0 Å². The zero-order valence-corrected chi connectivity index (χ0v) is 13.9. The smallest absolute Gasteiger partial charge is 0.318 e. The minimum Gasteiger partial charge on any atom is -0.318 e. The van der Waals surface area contributed by atoms with Gasteiger partial charge in [-0.05, 0) is 49.8 Å². The van der Waals surface area contributed by atoms with Gasteiger partial charge in [-0.1, -0.05) is 23.2 Å². The van der Waals surface area contributed by atoms with Crippen molar-refractivity contribution in [3.63, 3.8) is 0 Å². The summed E-state index contributed by atoms with van der Waals surface area (Å²) in [5.74, 6) is -0.436. The van der Waals surface area contributed by atoms with Crippen LogP contribution in [0.2, 0.25) is 10.0 Å². The number of hydrogen-bond acceptors (Lipinski definition) is 2. The Hall–Kier alpha value is -2.24. The van der Waals surface area contributed by atoms with E-state index in [1.807, 2.05) is 30.5 Å². The van der Waals surface area contributed by atoms with Crippen LogP contribution in [0.5, 0.6) is 0 Å². The second-order valence-corrected chi connectivity index (χ2v) is 6.04. The van der Waals surface area contributed by atoms with Crippen LogP contribution in [0.3, 0.4) is 0 Å². The summed E-state index contributed by atoms with van der Waals surface area (Å²) in [6, 6.07) is 6.81. The maximum absolute atomic E-state index is 11.6. The Morgan fingerprint density at radius 3 is 2.39 bits per heavy atom. The first-order chi connectivity index (χ1) is 10.9. The molecule has 0 radical (unpaired) electrons. The fourth-order valence-corrected chi connectivity index (χ4v) is 2.89. The van der Waals surface area contributed by atoms with E-state index >= 15 is 0 Å². The Kier molecular flexibility index (Phi) is 3.92. The van der Waals surface area contributed by atoms with E-state index < -0.39 is 11.9 Å². The fraction of sp³-hybridized carbons (Fsp3) is 0.125. The molecule has 1 saturated heterocycles. The van der Waals surface area contributed by atoms with Crippen molar-refractivity contribution in [1.29, 1.82) is 0 Å². The molecule has 2 aromatic rings. The minimum atomic E-state index is -0.514. The zero-order chi connectivity index (χ0) is 16.7. The highest BCUT2D eigenvalue weighted by Crippen LogP contribution is 2.28. The lowest BCUT2D eigenvalue weighted by atomic mass is 10.2. The van der Waals surface area contributed by atoms with E-state index in [9.17, 15) is 9.59 Å². The molecule has 0 saturated carbocycles. The molecule has 1 aliphatic heterocycles. The molecule has 1 aliphatic rings. The molecule has 1 aromatic heterocycles. The number of aromatic nitrogens is 1. The Morgan fingerprint density at radius 2 is 1.78 bits per heavy atom. The number of nitrogens with zero attached hydrogens (tertiary/aromatic N) is 1. The normalized spacial score (nSPS) is 15.9. The molecule has 0 bridgehead atoms. The molecule has 3 amide bonds. The van der Waals surface area contributed by atoms with Crippen molar-refractivity contribution in [3.05, 3.63) is 57.0 Å². The topological polar surface area (TPSA) is 63.1 Å². The van der Waals surface area contributed by atoms with Crippen LogP contribution < -0.4 is 10.6 Å². The molecule has 23 heavy (non-hydrogen) atoms. The average molecular weight is 350 g/mol. The molecule has 118 valence electrons. The molecular formula is C16H13Cl2N3O2. The molecule has 0 atom stereocenters. The maximum atomic E-state index is 11.6. The Balaban J connectivity index is 2.06. The maximum Gasteiger partial charge on any atom is 0.326 e. The molecule has 1 aromatic carbocycles. The van der Waals surface area contributed by atoms with Gasteiger partial charge in [0.1, 0.15) is 5.70 Å². The first-order valence-corrected chi connectivity index (χ1v) is 7.61. The number of carbonyl (C=O) groups excluding carboxylic acids is 2. The Labute approximate surface area is 142 Å². The molecule has 7 heteroatoms. The van der Waals surface area contributed by atoms with E-state index in [-0.39, 0.29) is 5.70 Å². The van der Waals surface area contributed by atoms with E-state index in [0.717, 1.165) is 22.6 Å². The number of benzene rings is 1. The molecule has 1 fully saturated rings. The van der Waals surface area contributed by atoms with Gasteiger partial charge in [0, 0.05) is 17.1 Å². The van der Waals surface area contributed by atoms with Crippen molar-refractivity contribution in [1.82, 2.24) is 15.2 Å². The number of amides is 3. The summed E-state index contributed by atoms with van der Waals surface area (Å²) in [5.41, 5.74) is 3.82. The number of halogens is 2. The van der Waals surface area contributed by atoms with Crippen molar-refractivity contribution in [2.24, 2.45) is 0 Å². The third-order valence-corrected chi connectivity index (χ3v) is 4.39. The molecule has 0 unspecified atom stereocenters. The standard InChI is InChI=1S/C16H13Cl2N3O2/c1-8-5-10(6-14-15(22)20-16(23)19-14)9(2)21(8)11-3-4-12(17)13(18)7-11/h3-7H,1-2H3,(H2,19,20,22,23)/b14-6+. The third kappa shape index (κ3) is 2.85. The molecule has 2 heterocycles. The van der Waals surface area contributed by atoms with Crippen LogP contribution in [0.1, 0.15) is 17.0 Å². The van der Waals surface area contributed by atoms with Crippen LogP contribution in [0, 0.1) is 13.8 Å². The van der Waals surface area contributed by atoms with Crippen LogP contribution >= 0.6 is 23.2 Å². The highest BCUT2D eigenvalue weighted by atomic mass is 35.5. The van der Waals surface area contributed by atoms with Crippen molar-refractivity contribution >= 4 is 41.2 Å². The number of nitrogens with one attached hydrogen (secondary N) is 2. The van der Waals surface area contributed by atoms with Gasteiger partial charge in [-0.25, -0.2) is 4.79 Å². The third-order valence-electron chi connectivity index (χ3n) is 3.65. The van der Waals surface area contributed by atoms with Crippen LogP contribution in [-0.4, -0.2) is 16.5 Å². The first-order valence-electron chi connectivity index (χ1n) is 6.85. The summed E-state index contributed by atoms with van der Waals surface area (Å²) >= 11 is 12.1. The van der Waals surface area contributed by atoms with Crippen LogP contribution in [0.25, 0.3) is 11.8 Å². The quantitative estimate of drug-likeness (QED) is 0.642. The lowest BCUT2D eigenvalue weighted by molar-refractivity contribution is -0.115. The Bertz CT molecular complexity index is 868. The van der Waals surface area contributed by atoms with Gasteiger partial charge >= 0.3 is 6.03 Å². The molecule has 2 N–H and O–H groups in total. The molecular weight excluding hydrogens is 337 g/mol. The number of imide groups is 1. The van der Waals surface area contributed by atoms with Crippen molar-refractivity contribution in [2.75, 3.05) is 0 Å². The van der Waals surface area contributed by atoms with E-state index in [4.69, 9.17) is 23.2 Å². The van der Waals surface area contributed by atoms with E-state index in [1.54, 1.807) is 18.2 Å². The number of rotatable bonds is 2. The SMILES string of the molecule is Cc1cc(/C=C2/NC(=O)NC2=O)c(C)n1-c1ccc(Cl)c(Cl)c1. The van der Waals surface area contributed by atoms with Gasteiger partial charge in [-0.15, -0.1) is 0 Å². The largest absolute Gasteiger partial charge is 0.326 e. The van der Waals surface area contributed by atoms with E-state index in [0.29, 0.717) is 10.0 Å². The zero-order valence-electron chi connectivity index (χ0n) is 12.4. The van der Waals surface area contributed by atoms with Crippen LogP contribution in [0.4, 0.5) is 4.79 Å². The molecule has 0 aliphatic carbocycles. The predicted molar refractivity (Wildman–Crippen MR) is 89.9 cm³/mol.